The minimum Gasteiger partial charge on any atom is -0.490 e. The molecular weight excluding hydrogens is 360 g/mol. The zero-order valence-corrected chi connectivity index (χ0v) is 15.6. The first-order valence-electron chi connectivity index (χ1n) is 8.65. The zero-order valence-electron chi connectivity index (χ0n) is 14.8. The van der Waals surface area contributed by atoms with E-state index in [4.69, 9.17) is 9.47 Å². The predicted octanol–water partition coefficient (Wildman–Crippen LogP) is 4.62. The molecule has 2 aromatic carbocycles. The predicted molar refractivity (Wildman–Crippen MR) is 107 cm³/mol. The minimum absolute atomic E-state index is 0.176. The number of hydrogen-bond acceptors (Lipinski definition) is 5. The molecule has 0 atom stereocenters. The summed E-state index contributed by atoms with van der Waals surface area (Å²) in [7, 11) is 0. The highest BCUT2D eigenvalue weighted by Crippen LogP contribution is 2.36. The van der Waals surface area contributed by atoms with Gasteiger partial charge >= 0.3 is 0 Å². The van der Waals surface area contributed by atoms with E-state index in [-0.39, 0.29) is 12.5 Å². The molecule has 1 N–H and O–H groups in total. The summed E-state index contributed by atoms with van der Waals surface area (Å²) in [6.07, 6.45) is 3.63. The number of nitrogens with zero attached hydrogens (tertiary/aromatic N) is 1. The van der Waals surface area contributed by atoms with E-state index in [1.54, 1.807) is 17.5 Å². The molecule has 0 aliphatic carbocycles. The fourth-order valence-electron chi connectivity index (χ4n) is 2.85. The molecule has 136 valence electrons. The third-order valence-electron chi connectivity index (χ3n) is 4.12. The lowest BCUT2D eigenvalue weighted by molar-refractivity contribution is -0.113. The quantitative estimate of drug-likeness (QED) is 0.704. The molecule has 27 heavy (non-hydrogen) atoms. The van der Waals surface area contributed by atoms with E-state index in [0.717, 1.165) is 21.8 Å². The van der Waals surface area contributed by atoms with Gasteiger partial charge in [0.15, 0.2) is 11.5 Å². The molecule has 5 nitrogen and oxygen atoms in total. The molecule has 1 aliphatic heterocycles. The Bertz CT molecular complexity index is 979. The number of ether oxygens (including phenoxy) is 2. The maximum absolute atomic E-state index is 12.6. The molecule has 0 saturated carbocycles. The van der Waals surface area contributed by atoms with Crippen molar-refractivity contribution in [2.75, 3.05) is 18.5 Å². The van der Waals surface area contributed by atoms with Crippen molar-refractivity contribution in [3.8, 4) is 22.1 Å². The number of hydrogen-bond donors (Lipinski definition) is 1. The van der Waals surface area contributed by atoms with Gasteiger partial charge in [-0.2, -0.15) is 0 Å². The van der Waals surface area contributed by atoms with Crippen molar-refractivity contribution in [3.63, 3.8) is 0 Å². The molecule has 6 heteroatoms. The molecule has 0 fully saturated rings. The number of benzene rings is 2. The lowest BCUT2D eigenvalue weighted by atomic mass is 10.1. The first-order valence-corrected chi connectivity index (χ1v) is 9.53. The second kappa shape index (κ2) is 7.63. The first-order chi connectivity index (χ1) is 13.2. The van der Waals surface area contributed by atoms with Crippen LogP contribution in [0.5, 0.6) is 11.5 Å². The molecule has 1 aliphatic rings. The smallest absolute Gasteiger partial charge is 0.255 e. The van der Waals surface area contributed by atoms with Crippen LogP contribution in [0, 0.1) is 0 Å². The highest BCUT2D eigenvalue weighted by Gasteiger charge is 2.20. The number of aromatic nitrogens is 1. The Kier molecular flexibility index (Phi) is 4.89. The molecule has 1 aromatic heterocycles. The Balaban J connectivity index is 1.49. The molecule has 0 saturated heterocycles. The third kappa shape index (κ3) is 3.71. The van der Waals surface area contributed by atoms with E-state index < -0.39 is 0 Å². The lowest BCUT2D eigenvalue weighted by Gasteiger charge is -2.20. The van der Waals surface area contributed by atoms with E-state index >= 15 is 0 Å². The van der Waals surface area contributed by atoms with Gasteiger partial charge in [-0.1, -0.05) is 12.1 Å². The molecule has 0 unspecified atom stereocenters. The van der Waals surface area contributed by atoms with E-state index in [9.17, 15) is 4.79 Å². The van der Waals surface area contributed by atoms with Gasteiger partial charge in [-0.3, -0.25) is 4.79 Å². The number of rotatable bonds is 5. The number of thiazole rings is 1. The van der Waals surface area contributed by atoms with Gasteiger partial charge in [0.1, 0.15) is 11.6 Å². The zero-order chi connectivity index (χ0) is 18.6. The van der Waals surface area contributed by atoms with Gasteiger partial charge in [-0.05, 0) is 43.3 Å². The SMILES string of the molecule is CCOc1cccc2c1OCC(C(=O)Nc1ccc(-c3nccs3)cc1)=C2. The Hall–Kier alpha value is -3.12. The fourth-order valence-corrected chi connectivity index (χ4v) is 3.50. The molecular formula is C21H18N2O3S. The number of carbonyl (C=O) groups excluding carboxylic acids is 1. The highest BCUT2D eigenvalue weighted by atomic mass is 32.1. The van der Waals surface area contributed by atoms with E-state index in [2.05, 4.69) is 10.3 Å². The van der Waals surface area contributed by atoms with Crippen molar-refractivity contribution in [1.82, 2.24) is 4.98 Å². The van der Waals surface area contributed by atoms with Gasteiger partial charge in [0.25, 0.3) is 5.91 Å². The Labute approximate surface area is 161 Å². The van der Waals surface area contributed by atoms with Gasteiger partial charge in [0.2, 0.25) is 0 Å². The maximum atomic E-state index is 12.6. The third-order valence-corrected chi connectivity index (χ3v) is 4.95. The van der Waals surface area contributed by atoms with Crippen LogP contribution >= 0.6 is 11.3 Å². The van der Waals surface area contributed by atoms with E-state index in [0.29, 0.717) is 23.7 Å². The second-order valence-electron chi connectivity index (χ2n) is 5.93. The molecule has 2 heterocycles. The standard InChI is InChI=1S/C21H18N2O3S/c1-2-25-18-5-3-4-15-12-16(13-26-19(15)18)20(24)23-17-8-6-14(7-9-17)21-22-10-11-27-21/h3-12H,2,13H2,1H3,(H,23,24). The Morgan fingerprint density at radius 3 is 2.85 bits per heavy atom. The summed E-state index contributed by atoms with van der Waals surface area (Å²) in [5.74, 6) is 1.21. The summed E-state index contributed by atoms with van der Waals surface area (Å²) in [6, 6.07) is 13.3. The summed E-state index contributed by atoms with van der Waals surface area (Å²) >= 11 is 1.58. The molecule has 0 radical (unpaired) electrons. The maximum Gasteiger partial charge on any atom is 0.255 e. The van der Waals surface area contributed by atoms with Crippen molar-refractivity contribution >= 4 is 29.0 Å². The van der Waals surface area contributed by atoms with Crippen molar-refractivity contribution in [2.24, 2.45) is 0 Å². The number of fused-ring (bicyclic) bond motifs is 1. The van der Waals surface area contributed by atoms with Gasteiger partial charge in [0, 0.05) is 28.4 Å². The van der Waals surface area contributed by atoms with E-state index in [1.807, 2.05) is 60.8 Å². The van der Waals surface area contributed by atoms with Crippen LogP contribution in [0.2, 0.25) is 0 Å². The number of amides is 1. The summed E-state index contributed by atoms with van der Waals surface area (Å²) < 4.78 is 11.4. The van der Waals surface area contributed by atoms with Crippen LogP contribution in [0.25, 0.3) is 16.6 Å². The number of nitrogens with one attached hydrogen (secondary N) is 1. The van der Waals surface area contributed by atoms with Gasteiger partial charge in [-0.15, -0.1) is 11.3 Å². The Morgan fingerprint density at radius 2 is 2.11 bits per heavy atom. The van der Waals surface area contributed by atoms with Crippen LogP contribution in [-0.4, -0.2) is 24.1 Å². The van der Waals surface area contributed by atoms with Crippen molar-refractivity contribution in [3.05, 3.63) is 65.2 Å². The number of carbonyl (C=O) groups is 1. The van der Waals surface area contributed by atoms with Crippen LogP contribution < -0.4 is 14.8 Å². The summed E-state index contributed by atoms with van der Waals surface area (Å²) in [5, 5.41) is 5.82. The summed E-state index contributed by atoms with van der Waals surface area (Å²) in [5.41, 5.74) is 3.17. The molecule has 0 bridgehead atoms. The largest absolute Gasteiger partial charge is 0.490 e. The first kappa shape index (κ1) is 17.3. The molecule has 3 aromatic rings. The summed E-state index contributed by atoms with van der Waals surface area (Å²) in [4.78, 5) is 16.9. The lowest BCUT2D eigenvalue weighted by Crippen LogP contribution is -2.21. The summed E-state index contributed by atoms with van der Waals surface area (Å²) in [6.45, 7) is 2.70. The van der Waals surface area contributed by atoms with Crippen molar-refractivity contribution < 1.29 is 14.3 Å². The van der Waals surface area contributed by atoms with Crippen molar-refractivity contribution in [2.45, 2.75) is 6.92 Å². The fraction of sp³-hybridized carbons (Fsp3) is 0.143. The Morgan fingerprint density at radius 1 is 1.26 bits per heavy atom. The molecule has 0 spiro atoms. The number of anilines is 1. The second-order valence-corrected chi connectivity index (χ2v) is 6.83. The number of para-hydroxylation sites is 1. The van der Waals surface area contributed by atoms with Crippen LogP contribution in [-0.2, 0) is 4.79 Å². The van der Waals surface area contributed by atoms with E-state index in [1.165, 1.54) is 0 Å². The van der Waals surface area contributed by atoms with Gasteiger partial charge in [0.05, 0.1) is 12.2 Å². The average Bonchev–Trinajstić information content (AvgIpc) is 3.23. The van der Waals surface area contributed by atoms with Crippen LogP contribution in [0.3, 0.4) is 0 Å². The molecule has 1 amide bonds. The normalized spacial score (nSPS) is 12.6. The highest BCUT2D eigenvalue weighted by molar-refractivity contribution is 7.13. The van der Waals surface area contributed by atoms with Crippen LogP contribution in [0.15, 0.2) is 59.6 Å². The monoisotopic (exact) mass is 378 g/mol. The molecule has 4 rings (SSSR count). The van der Waals surface area contributed by atoms with Gasteiger partial charge < -0.3 is 14.8 Å². The van der Waals surface area contributed by atoms with Crippen LogP contribution in [0.1, 0.15) is 12.5 Å². The van der Waals surface area contributed by atoms with Gasteiger partial charge in [-0.25, -0.2) is 4.98 Å². The topological polar surface area (TPSA) is 60.5 Å². The van der Waals surface area contributed by atoms with Crippen LogP contribution in [0.4, 0.5) is 5.69 Å². The minimum atomic E-state index is -0.176. The average molecular weight is 378 g/mol. The van der Waals surface area contributed by atoms with Crippen molar-refractivity contribution in [1.29, 1.82) is 0 Å².